The minimum atomic E-state index is -0.367. The second-order valence-corrected chi connectivity index (χ2v) is 6.15. The zero-order chi connectivity index (χ0) is 18.0. The number of hydrogen-bond donors (Lipinski definition) is 0. The largest absolute Gasteiger partial charge is 0.438 e. The molecule has 0 radical (unpaired) electrons. The molecule has 0 atom stereocenters. The van der Waals surface area contributed by atoms with Crippen LogP contribution >= 0.6 is 11.6 Å². The first-order valence-corrected chi connectivity index (χ1v) is 8.32. The van der Waals surface area contributed by atoms with Crippen molar-refractivity contribution in [2.75, 3.05) is 26.3 Å². The van der Waals surface area contributed by atoms with E-state index in [0.29, 0.717) is 53.9 Å². The van der Waals surface area contributed by atoms with Gasteiger partial charge in [-0.25, -0.2) is 9.37 Å². The topological polar surface area (TPSA) is 51.7 Å². The molecule has 0 N–H and O–H groups in total. The molecule has 0 saturated carbocycles. The van der Waals surface area contributed by atoms with Crippen LogP contribution in [0.1, 0.15) is 21.6 Å². The predicted molar refractivity (Wildman–Crippen MR) is 91.9 cm³/mol. The van der Waals surface area contributed by atoms with Gasteiger partial charge in [-0.05, 0) is 43.7 Å². The lowest BCUT2D eigenvalue weighted by atomic mass is 10.1. The van der Waals surface area contributed by atoms with Gasteiger partial charge in [-0.1, -0.05) is 11.6 Å². The molecule has 132 valence electrons. The maximum atomic E-state index is 13.1. The van der Waals surface area contributed by atoms with Crippen molar-refractivity contribution in [2.45, 2.75) is 13.8 Å². The van der Waals surface area contributed by atoms with Crippen LogP contribution in [0.25, 0.3) is 0 Å². The molecule has 0 spiro atoms. The zero-order valence-corrected chi connectivity index (χ0v) is 14.8. The van der Waals surface area contributed by atoms with Gasteiger partial charge in [-0.3, -0.25) is 4.79 Å². The van der Waals surface area contributed by atoms with E-state index in [1.54, 1.807) is 18.7 Å². The van der Waals surface area contributed by atoms with Crippen LogP contribution in [0.4, 0.5) is 4.39 Å². The molecular formula is C18H18ClFN2O3. The Bertz CT molecular complexity index is 790. The Morgan fingerprint density at radius 2 is 1.88 bits per heavy atom. The Balaban J connectivity index is 2.01. The van der Waals surface area contributed by atoms with Crippen molar-refractivity contribution >= 4 is 17.5 Å². The number of aromatic nitrogens is 1. The number of ether oxygens (including phenoxy) is 2. The highest BCUT2D eigenvalue weighted by atomic mass is 35.5. The molecule has 2 heterocycles. The number of morpholine rings is 1. The van der Waals surface area contributed by atoms with Crippen molar-refractivity contribution in [2.24, 2.45) is 0 Å². The smallest absolute Gasteiger partial charge is 0.259 e. The third-order valence-corrected chi connectivity index (χ3v) is 4.60. The van der Waals surface area contributed by atoms with Crippen molar-refractivity contribution in [3.05, 3.63) is 51.9 Å². The SMILES string of the molecule is Cc1nc(Oc2ccc(F)cc2)c(C(=O)N2CCOCC2)c(C)c1Cl. The molecule has 25 heavy (non-hydrogen) atoms. The predicted octanol–water partition coefficient (Wildman–Crippen LogP) is 3.76. The monoisotopic (exact) mass is 364 g/mol. The molecule has 1 saturated heterocycles. The average molecular weight is 365 g/mol. The van der Waals surface area contributed by atoms with Gasteiger partial charge < -0.3 is 14.4 Å². The second-order valence-electron chi connectivity index (χ2n) is 5.78. The summed E-state index contributed by atoms with van der Waals surface area (Å²) in [5.74, 6) is -0.00532. The third kappa shape index (κ3) is 3.75. The van der Waals surface area contributed by atoms with Crippen LogP contribution in [0.2, 0.25) is 5.02 Å². The first-order chi connectivity index (χ1) is 12.0. The Kier molecular flexibility index (Phi) is 5.20. The fraction of sp³-hybridized carbons (Fsp3) is 0.333. The zero-order valence-electron chi connectivity index (χ0n) is 14.0. The van der Waals surface area contributed by atoms with E-state index < -0.39 is 0 Å². The van der Waals surface area contributed by atoms with E-state index in [2.05, 4.69) is 4.98 Å². The van der Waals surface area contributed by atoms with Gasteiger partial charge >= 0.3 is 0 Å². The van der Waals surface area contributed by atoms with Crippen molar-refractivity contribution in [3.63, 3.8) is 0 Å². The van der Waals surface area contributed by atoms with Gasteiger partial charge in [0.05, 0.1) is 23.9 Å². The summed E-state index contributed by atoms with van der Waals surface area (Å²) < 4.78 is 24.2. The molecule has 1 aliphatic rings. The molecule has 0 bridgehead atoms. The minimum absolute atomic E-state index is 0.169. The molecule has 1 aromatic heterocycles. The summed E-state index contributed by atoms with van der Waals surface area (Å²) in [5, 5.41) is 0.433. The Labute approximate surface area is 150 Å². The molecule has 0 unspecified atom stereocenters. The van der Waals surface area contributed by atoms with Gasteiger partial charge in [0.15, 0.2) is 0 Å². The Morgan fingerprint density at radius 3 is 2.52 bits per heavy atom. The minimum Gasteiger partial charge on any atom is -0.438 e. The summed E-state index contributed by atoms with van der Waals surface area (Å²) >= 11 is 6.30. The van der Waals surface area contributed by atoms with Crippen molar-refractivity contribution in [1.82, 2.24) is 9.88 Å². The van der Waals surface area contributed by atoms with Gasteiger partial charge in [0.2, 0.25) is 5.88 Å². The molecule has 1 aliphatic heterocycles. The highest BCUT2D eigenvalue weighted by molar-refractivity contribution is 6.32. The maximum Gasteiger partial charge on any atom is 0.259 e. The standard InChI is InChI=1S/C18H18ClFN2O3/c1-11-15(18(23)22-7-9-24-10-8-22)17(21-12(2)16(11)19)25-14-5-3-13(20)4-6-14/h3-6H,7-10H2,1-2H3. The number of hydrogen-bond acceptors (Lipinski definition) is 4. The number of rotatable bonds is 3. The Hall–Kier alpha value is -2.18. The second kappa shape index (κ2) is 7.37. The van der Waals surface area contributed by atoms with Crippen molar-refractivity contribution < 1.29 is 18.7 Å². The lowest BCUT2D eigenvalue weighted by Crippen LogP contribution is -2.41. The molecular weight excluding hydrogens is 347 g/mol. The summed E-state index contributed by atoms with van der Waals surface area (Å²) in [5.41, 5.74) is 1.50. The van der Waals surface area contributed by atoms with E-state index >= 15 is 0 Å². The maximum absolute atomic E-state index is 13.1. The molecule has 0 aliphatic carbocycles. The van der Waals surface area contributed by atoms with E-state index in [1.165, 1.54) is 24.3 Å². The van der Waals surface area contributed by atoms with E-state index in [4.69, 9.17) is 21.1 Å². The summed E-state index contributed by atoms with van der Waals surface area (Å²) in [6, 6.07) is 5.54. The summed E-state index contributed by atoms with van der Waals surface area (Å²) in [6.07, 6.45) is 0. The summed E-state index contributed by atoms with van der Waals surface area (Å²) in [6.45, 7) is 5.50. The number of aryl methyl sites for hydroxylation is 1. The fourth-order valence-electron chi connectivity index (χ4n) is 2.66. The highest BCUT2D eigenvalue weighted by Crippen LogP contribution is 2.32. The summed E-state index contributed by atoms with van der Waals surface area (Å²) in [7, 11) is 0. The average Bonchev–Trinajstić information content (AvgIpc) is 2.62. The molecule has 1 aromatic carbocycles. The van der Waals surface area contributed by atoms with Crippen molar-refractivity contribution in [1.29, 1.82) is 0 Å². The van der Waals surface area contributed by atoms with E-state index in [0.717, 1.165) is 0 Å². The first kappa shape index (κ1) is 17.6. The molecule has 2 aromatic rings. The quantitative estimate of drug-likeness (QED) is 0.832. The van der Waals surface area contributed by atoms with E-state index in [9.17, 15) is 9.18 Å². The Morgan fingerprint density at radius 1 is 1.24 bits per heavy atom. The molecule has 1 amide bonds. The van der Waals surface area contributed by atoms with Crippen LogP contribution < -0.4 is 4.74 Å². The number of halogens is 2. The number of benzene rings is 1. The van der Waals surface area contributed by atoms with Crippen LogP contribution in [0, 0.1) is 19.7 Å². The van der Waals surface area contributed by atoms with Crippen molar-refractivity contribution in [3.8, 4) is 11.6 Å². The van der Waals surface area contributed by atoms with Crippen LogP contribution in [0.3, 0.4) is 0 Å². The van der Waals surface area contributed by atoms with Gasteiger partial charge in [0.1, 0.15) is 17.1 Å². The number of nitrogens with zero attached hydrogens (tertiary/aromatic N) is 2. The lowest BCUT2D eigenvalue weighted by Gasteiger charge is -2.28. The molecule has 3 rings (SSSR count). The number of carbonyl (C=O) groups is 1. The van der Waals surface area contributed by atoms with Gasteiger partial charge in [0.25, 0.3) is 5.91 Å². The van der Waals surface area contributed by atoms with E-state index in [1.807, 2.05) is 0 Å². The fourth-order valence-corrected chi connectivity index (χ4v) is 2.80. The summed E-state index contributed by atoms with van der Waals surface area (Å²) in [4.78, 5) is 19.0. The van der Waals surface area contributed by atoms with Crippen LogP contribution in [-0.2, 0) is 4.74 Å². The van der Waals surface area contributed by atoms with Crippen LogP contribution in [0.5, 0.6) is 11.6 Å². The number of amides is 1. The van der Waals surface area contributed by atoms with Gasteiger partial charge in [-0.15, -0.1) is 0 Å². The normalized spacial score (nSPS) is 14.5. The number of carbonyl (C=O) groups excluding carboxylic acids is 1. The van der Waals surface area contributed by atoms with Gasteiger partial charge in [0, 0.05) is 13.1 Å². The molecule has 1 fully saturated rings. The number of pyridine rings is 1. The highest BCUT2D eigenvalue weighted by Gasteiger charge is 2.27. The third-order valence-electron chi connectivity index (χ3n) is 4.05. The lowest BCUT2D eigenvalue weighted by molar-refractivity contribution is 0.0300. The first-order valence-electron chi connectivity index (χ1n) is 7.94. The van der Waals surface area contributed by atoms with Gasteiger partial charge in [-0.2, -0.15) is 0 Å². The molecule has 7 heteroatoms. The van der Waals surface area contributed by atoms with Crippen LogP contribution in [0.15, 0.2) is 24.3 Å². The van der Waals surface area contributed by atoms with Crippen LogP contribution in [-0.4, -0.2) is 42.1 Å². The molecule has 5 nitrogen and oxygen atoms in total. The van der Waals surface area contributed by atoms with E-state index in [-0.39, 0.29) is 17.6 Å².